The van der Waals surface area contributed by atoms with Crippen molar-refractivity contribution in [1.29, 1.82) is 0 Å². The van der Waals surface area contributed by atoms with Gasteiger partial charge < -0.3 is 15.5 Å². The normalized spacial score (nSPS) is 15.8. The third-order valence-corrected chi connectivity index (χ3v) is 6.03. The maximum Gasteiger partial charge on any atom is 0.255 e. The molecule has 1 unspecified atom stereocenters. The highest BCUT2D eigenvalue weighted by Crippen LogP contribution is 2.33. The minimum absolute atomic E-state index is 0.154. The van der Waals surface area contributed by atoms with Crippen molar-refractivity contribution in [3.05, 3.63) is 84.1 Å². The molecule has 0 bridgehead atoms. The number of para-hydroxylation sites is 1. The minimum Gasteiger partial charge on any atom is -0.338 e. The Morgan fingerprint density at radius 3 is 2.38 bits per heavy atom. The lowest BCUT2D eigenvalue weighted by molar-refractivity contribution is 0.102. The molecule has 4 rings (SSSR count). The molecule has 0 saturated carbocycles. The van der Waals surface area contributed by atoms with Gasteiger partial charge in [-0.15, -0.1) is 0 Å². The molecule has 1 atom stereocenters. The predicted octanol–water partition coefficient (Wildman–Crippen LogP) is 4.78. The fourth-order valence-corrected chi connectivity index (χ4v) is 4.23. The number of rotatable bonds is 7. The third kappa shape index (κ3) is 5.15. The number of nitrogens with zero attached hydrogens (tertiary/aromatic N) is 3. The van der Waals surface area contributed by atoms with Gasteiger partial charge in [0, 0.05) is 49.7 Å². The van der Waals surface area contributed by atoms with E-state index in [1.54, 1.807) is 18.3 Å². The topological polar surface area (TPSA) is 60.5 Å². The molecule has 1 aliphatic rings. The van der Waals surface area contributed by atoms with Gasteiger partial charge in [0.25, 0.3) is 5.91 Å². The Morgan fingerprint density at radius 1 is 0.938 bits per heavy atom. The zero-order valence-corrected chi connectivity index (χ0v) is 18.8. The van der Waals surface area contributed by atoms with E-state index in [1.165, 1.54) is 5.56 Å². The van der Waals surface area contributed by atoms with E-state index in [1.807, 2.05) is 36.4 Å². The van der Waals surface area contributed by atoms with Crippen molar-refractivity contribution in [2.75, 3.05) is 43.9 Å². The number of aromatic nitrogens is 1. The lowest BCUT2D eigenvalue weighted by atomic mass is 9.99. The van der Waals surface area contributed by atoms with Crippen molar-refractivity contribution < 1.29 is 4.79 Å². The van der Waals surface area contributed by atoms with Crippen LogP contribution in [0.25, 0.3) is 0 Å². The molecule has 166 valence electrons. The van der Waals surface area contributed by atoms with Crippen LogP contribution in [0, 0.1) is 0 Å². The summed E-state index contributed by atoms with van der Waals surface area (Å²) in [6, 6.07) is 21.7. The average molecular weight is 430 g/mol. The van der Waals surface area contributed by atoms with Crippen molar-refractivity contribution in [2.45, 2.75) is 19.4 Å². The Balaban J connectivity index is 1.57. The number of hydrogen-bond donors (Lipinski definition) is 2. The second-order valence-corrected chi connectivity index (χ2v) is 8.20. The van der Waals surface area contributed by atoms with Crippen LogP contribution in [0.3, 0.4) is 0 Å². The third-order valence-electron chi connectivity index (χ3n) is 6.03. The SMILES string of the molecule is CCC(c1ccccc1Nc1ncccc1NC(=O)c1ccccc1)N1CCN(C)CC1. The molecule has 6 heteroatoms. The van der Waals surface area contributed by atoms with Gasteiger partial charge in [-0.1, -0.05) is 43.3 Å². The van der Waals surface area contributed by atoms with Gasteiger partial charge in [0.2, 0.25) is 0 Å². The van der Waals surface area contributed by atoms with Crippen LogP contribution in [0.4, 0.5) is 17.2 Å². The van der Waals surface area contributed by atoms with Gasteiger partial charge >= 0.3 is 0 Å². The van der Waals surface area contributed by atoms with E-state index in [0.29, 0.717) is 23.1 Å². The van der Waals surface area contributed by atoms with Crippen LogP contribution in [-0.2, 0) is 0 Å². The van der Waals surface area contributed by atoms with Gasteiger partial charge in [-0.25, -0.2) is 4.98 Å². The molecule has 2 N–H and O–H groups in total. The Labute approximate surface area is 190 Å². The molecule has 1 aliphatic heterocycles. The molecule has 1 aromatic heterocycles. The molecule has 3 aromatic rings. The van der Waals surface area contributed by atoms with Crippen molar-refractivity contribution >= 4 is 23.1 Å². The molecule has 1 amide bonds. The maximum atomic E-state index is 12.7. The summed E-state index contributed by atoms with van der Waals surface area (Å²) in [4.78, 5) is 22.2. The summed E-state index contributed by atoms with van der Waals surface area (Å²) in [6.07, 6.45) is 2.77. The zero-order valence-electron chi connectivity index (χ0n) is 18.8. The second-order valence-electron chi connectivity index (χ2n) is 8.20. The highest BCUT2D eigenvalue weighted by Gasteiger charge is 2.24. The molecule has 32 heavy (non-hydrogen) atoms. The Bertz CT molecular complexity index is 1030. The Morgan fingerprint density at radius 2 is 1.62 bits per heavy atom. The predicted molar refractivity (Wildman–Crippen MR) is 130 cm³/mol. The Hall–Kier alpha value is -3.22. The van der Waals surface area contributed by atoms with Crippen LogP contribution in [0.15, 0.2) is 72.9 Å². The standard InChI is InChI=1S/C26H31N5O/c1-3-24(31-18-16-30(2)17-19-31)21-12-7-8-13-22(21)28-25-23(14-9-15-27-25)29-26(32)20-10-5-4-6-11-20/h4-15,24H,3,16-19H2,1-2H3,(H,27,28)(H,29,32). The number of hydrogen-bond acceptors (Lipinski definition) is 5. The van der Waals surface area contributed by atoms with Gasteiger partial charge in [-0.05, 0) is 49.4 Å². The largest absolute Gasteiger partial charge is 0.338 e. The maximum absolute atomic E-state index is 12.7. The van der Waals surface area contributed by atoms with Crippen LogP contribution in [0.5, 0.6) is 0 Å². The lowest BCUT2D eigenvalue weighted by Gasteiger charge is -2.38. The van der Waals surface area contributed by atoms with E-state index in [-0.39, 0.29) is 5.91 Å². The van der Waals surface area contributed by atoms with Crippen molar-refractivity contribution in [2.24, 2.45) is 0 Å². The molecule has 0 spiro atoms. The zero-order chi connectivity index (χ0) is 22.3. The average Bonchev–Trinajstić information content (AvgIpc) is 2.83. The second kappa shape index (κ2) is 10.4. The summed E-state index contributed by atoms with van der Waals surface area (Å²) < 4.78 is 0. The highest BCUT2D eigenvalue weighted by atomic mass is 16.1. The Kier molecular flexibility index (Phi) is 7.14. The molecule has 0 aliphatic carbocycles. The fraction of sp³-hybridized carbons (Fsp3) is 0.308. The van der Waals surface area contributed by atoms with E-state index in [9.17, 15) is 4.79 Å². The van der Waals surface area contributed by atoms with E-state index in [2.05, 4.69) is 57.6 Å². The molecule has 6 nitrogen and oxygen atoms in total. The molecule has 1 fully saturated rings. The van der Waals surface area contributed by atoms with E-state index >= 15 is 0 Å². The first kappa shape index (κ1) is 22.0. The number of piperazine rings is 1. The number of amides is 1. The summed E-state index contributed by atoms with van der Waals surface area (Å²) in [5.74, 6) is 0.483. The molecule has 0 radical (unpaired) electrons. The quantitative estimate of drug-likeness (QED) is 0.566. The number of pyridine rings is 1. The van der Waals surface area contributed by atoms with Crippen molar-refractivity contribution in [3.63, 3.8) is 0 Å². The van der Waals surface area contributed by atoms with Crippen molar-refractivity contribution in [3.8, 4) is 0 Å². The number of anilines is 3. The van der Waals surface area contributed by atoms with Gasteiger partial charge in [0.05, 0.1) is 5.69 Å². The van der Waals surface area contributed by atoms with Gasteiger partial charge in [-0.2, -0.15) is 0 Å². The number of nitrogens with one attached hydrogen (secondary N) is 2. The summed E-state index contributed by atoms with van der Waals surface area (Å²) in [7, 11) is 2.18. The first-order chi connectivity index (χ1) is 15.7. The van der Waals surface area contributed by atoms with E-state index in [4.69, 9.17) is 0 Å². The number of benzene rings is 2. The van der Waals surface area contributed by atoms with Crippen LogP contribution in [0.2, 0.25) is 0 Å². The molecule has 1 saturated heterocycles. The molecular formula is C26H31N5O. The van der Waals surface area contributed by atoms with Gasteiger partial charge in [0.1, 0.15) is 0 Å². The van der Waals surface area contributed by atoms with E-state index < -0.39 is 0 Å². The van der Waals surface area contributed by atoms with Crippen LogP contribution < -0.4 is 10.6 Å². The molecule has 2 heterocycles. The molecular weight excluding hydrogens is 398 g/mol. The lowest BCUT2D eigenvalue weighted by Crippen LogP contribution is -2.45. The highest BCUT2D eigenvalue weighted by molar-refractivity contribution is 6.05. The number of carbonyl (C=O) groups is 1. The fourth-order valence-electron chi connectivity index (χ4n) is 4.23. The smallest absolute Gasteiger partial charge is 0.255 e. The van der Waals surface area contributed by atoms with Crippen LogP contribution in [-0.4, -0.2) is 53.9 Å². The summed E-state index contributed by atoms with van der Waals surface area (Å²) in [5.41, 5.74) is 3.55. The number of carbonyl (C=O) groups excluding carboxylic acids is 1. The first-order valence-corrected chi connectivity index (χ1v) is 11.3. The summed E-state index contributed by atoms with van der Waals surface area (Å²) >= 11 is 0. The number of likely N-dealkylation sites (N-methyl/N-ethyl adjacent to an activating group) is 1. The van der Waals surface area contributed by atoms with Gasteiger partial charge in [-0.3, -0.25) is 9.69 Å². The van der Waals surface area contributed by atoms with Gasteiger partial charge in [0.15, 0.2) is 5.82 Å². The molecule has 2 aromatic carbocycles. The summed E-state index contributed by atoms with van der Waals surface area (Å²) in [5, 5.41) is 6.50. The van der Waals surface area contributed by atoms with Crippen molar-refractivity contribution in [1.82, 2.24) is 14.8 Å². The van der Waals surface area contributed by atoms with Crippen LogP contribution in [0.1, 0.15) is 35.3 Å². The first-order valence-electron chi connectivity index (χ1n) is 11.3. The monoisotopic (exact) mass is 429 g/mol. The van der Waals surface area contributed by atoms with E-state index in [0.717, 1.165) is 38.3 Å². The van der Waals surface area contributed by atoms with Crippen LogP contribution >= 0.6 is 0 Å². The minimum atomic E-state index is -0.154. The summed E-state index contributed by atoms with van der Waals surface area (Å²) in [6.45, 7) is 6.53.